The number of allylic oxidation sites excluding steroid dienone is 3. The summed E-state index contributed by atoms with van der Waals surface area (Å²) in [6.45, 7) is 7.33. The van der Waals surface area contributed by atoms with E-state index < -0.39 is 17.0 Å². The van der Waals surface area contributed by atoms with Crippen molar-refractivity contribution in [2.75, 3.05) is 0 Å². The molecule has 116 valence electrons. The summed E-state index contributed by atoms with van der Waals surface area (Å²) in [4.78, 5) is 22.5. The Bertz CT molecular complexity index is 527. The first-order chi connectivity index (χ1) is 9.64. The zero-order valence-corrected chi connectivity index (χ0v) is 13.1. The quantitative estimate of drug-likeness (QED) is 0.603. The van der Waals surface area contributed by atoms with Gasteiger partial charge in [0.1, 0.15) is 5.60 Å². The minimum absolute atomic E-state index is 0.0272. The first-order valence-corrected chi connectivity index (χ1v) is 7.19. The number of carboxylic acid groups (broad SMARTS) is 1. The molecule has 0 aromatic heterocycles. The van der Waals surface area contributed by atoms with Gasteiger partial charge in [0, 0.05) is 17.9 Å². The number of hydrogen-bond acceptors (Lipinski definition) is 3. The van der Waals surface area contributed by atoms with Gasteiger partial charge in [-0.05, 0) is 43.6 Å². The van der Waals surface area contributed by atoms with Gasteiger partial charge in [0.05, 0.1) is 0 Å². The van der Waals surface area contributed by atoms with Crippen molar-refractivity contribution in [1.29, 1.82) is 0 Å². The summed E-state index contributed by atoms with van der Waals surface area (Å²) in [6, 6.07) is 0. The Morgan fingerprint density at radius 2 is 2.10 bits per heavy atom. The first kappa shape index (κ1) is 17.4. The van der Waals surface area contributed by atoms with E-state index in [9.17, 15) is 14.7 Å². The van der Waals surface area contributed by atoms with E-state index >= 15 is 0 Å². The molecule has 4 nitrogen and oxygen atoms in total. The lowest BCUT2D eigenvalue weighted by Crippen LogP contribution is -2.49. The highest BCUT2D eigenvalue weighted by Crippen LogP contribution is 2.47. The average molecular weight is 292 g/mol. The van der Waals surface area contributed by atoms with Crippen LogP contribution >= 0.6 is 0 Å². The van der Waals surface area contributed by atoms with E-state index in [-0.39, 0.29) is 5.78 Å². The van der Waals surface area contributed by atoms with Crippen molar-refractivity contribution in [2.24, 2.45) is 5.41 Å². The maximum Gasteiger partial charge on any atom is 0.328 e. The molecule has 1 aliphatic rings. The number of ketones is 1. The van der Waals surface area contributed by atoms with Gasteiger partial charge in [0.2, 0.25) is 0 Å². The van der Waals surface area contributed by atoms with Crippen LogP contribution in [-0.2, 0) is 9.59 Å². The predicted molar refractivity (Wildman–Crippen MR) is 81.9 cm³/mol. The number of aliphatic hydroxyl groups is 1. The molecule has 2 atom stereocenters. The fraction of sp³-hybridized carbons (Fsp3) is 0.529. The second kappa shape index (κ2) is 6.39. The number of carboxylic acids is 1. The van der Waals surface area contributed by atoms with Gasteiger partial charge >= 0.3 is 5.97 Å². The molecule has 0 saturated heterocycles. The molecule has 0 aliphatic heterocycles. The van der Waals surface area contributed by atoms with E-state index in [1.54, 1.807) is 26.0 Å². The van der Waals surface area contributed by atoms with Crippen LogP contribution in [0.2, 0.25) is 0 Å². The fourth-order valence-corrected chi connectivity index (χ4v) is 3.06. The summed E-state index contributed by atoms with van der Waals surface area (Å²) < 4.78 is 0. The molecule has 0 saturated carbocycles. The third kappa shape index (κ3) is 3.70. The van der Waals surface area contributed by atoms with Crippen LogP contribution in [0.25, 0.3) is 0 Å². The van der Waals surface area contributed by atoms with Crippen molar-refractivity contribution in [3.63, 3.8) is 0 Å². The molecule has 0 unspecified atom stereocenters. The molecule has 0 radical (unpaired) electrons. The van der Waals surface area contributed by atoms with Crippen molar-refractivity contribution in [3.8, 4) is 0 Å². The minimum atomic E-state index is -1.23. The highest BCUT2D eigenvalue weighted by molar-refractivity contribution is 5.93. The maximum absolute atomic E-state index is 11.8. The molecule has 0 aromatic rings. The number of aliphatic carboxylic acids is 1. The van der Waals surface area contributed by atoms with Crippen molar-refractivity contribution in [1.82, 2.24) is 0 Å². The molecular formula is C17H24O4. The Labute approximate surface area is 125 Å². The van der Waals surface area contributed by atoms with Crippen LogP contribution in [0, 0.1) is 5.41 Å². The lowest BCUT2D eigenvalue weighted by Gasteiger charge is -2.46. The minimum Gasteiger partial charge on any atom is -0.478 e. The number of hydrogen-bond donors (Lipinski definition) is 2. The molecule has 0 aromatic carbocycles. The Kier molecular flexibility index (Phi) is 5.29. The molecule has 21 heavy (non-hydrogen) atoms. The van der Waals surface area contributed by atoms with Crippen LogP contribution in [0.15, 0.2) is 35.5 Å². The molecule has 0 heterocycles. The van der Waals surface area contributed by atoms with Crippen LogP contribution < -0.4 is 0 Å². The largest absolute Gasteiger partial charge is 0.478 e. The van der Waals surface area contributed by atoms with Crippen LogP contribution in [-0.4, -0.2) is 27.6 Å². The lowest BCUT2D eigenvalue weighted by molar-refractivity contribution is -0.131. The van der Waals surface area contributed by atoms with E-state index in [1.807, 2.05) is 13.8 Å². The van der Waals surface area contributed by atoms with E-state index in [1.165, 1.54) is 6.08 Å². The zero-order chi connectivity index (χ0) is 16.3. The average Bonchev–Trinajstić information content (AvgIpc) is 2.33. The van der Waals surface area contributed by atoms with Crippen LogP contribution in [0.4, 0.5) is 0 Å². The summed E-state index contributed by atoms with van der Waals surface area (Å²) in [5.41, 5.74) is -0.657. The van der Waals surface area contributed by atoms with Crippen LogP contribution in [0.3, 0.4) is 0 Å². The number of carbonyl (C=O) groups excluding carboxylic acids is 1. The van der Waals surface area contributed by atoms with Gasteiger partial charge < -0.3 is 10.2 Å². The summed E-state index contributed by atoms with van der Waals surface area (Å²) in [7, 11) is 0. The maximum atomic E-state index is 11.8. The fourth-order valence-electron chi connectivity index (χ4n) is 3.06. The normalized spacial score (nSPS) is 30.6. The topological polar surface area (TPSA) is 74.6 Å². The summed E-state index contributed by atoms with van der Waals surface area (Å²) in [5, 5.41) is 19.8. The molecule has 1 aliphatic carbocycles. The Hall–Kier alpha value is -1.68. The zero-order valence-electron chi connectivity index (χ0n) is 13.1. The SMILES string of the molecule is CCC[C@]1(C)CC(=O)C=C(C)[C@]1(O)/C=C/C(C)=C\C(=O)O. The highest BCUT2D eigenvalue weighted by Gasteiger charge is 2.49. The van der Waals surface area contributed by atoms with Gasteiger partial charge in [-0.2, -0.15) is 0 Å². The van der Waals surface area contributed by atoms with Crippen molar-refractivity contribution in [2.45, 2.75) is 52.6 Å². The van der Waals surface area contributed by atoms with E-state index in [2.05, 4.69) is 0 Å². The molecule has 0 bridgehead atoms. The highest BCUT2D eigenvalue weighted by atomic mass is 16.4. The summed E-state index contributed by atoms with van der Waals surface area (Å²) in [5.74, 6) is -0.995. The summed E-state index contributed by atoms with van der Waals surface area (Å²) in [6.07, 6.45) is 7.66. The molecule has 4 heteroatoms. The molecular weight excluding hydrogens is 268 g/mol. The number of carbonyl (C=O) groups is 2. The molecule has 0 fully saturated rings. The van der Waals surface area contributed by atoms with Gasteiger partial charge in [-0.15, -0.1) is 0 Å². The number of rotatable bonds is 5. The van der Waals surface area contributed by atoms with Gasteiger partial charge in [0.25, 0.3) is 0 Å². The van der Waals surface area contributed by atoms with Crippen molar-refractivity contribution < 1.29 is 19.8 Å². The molecule has 0 spiro atoms. The van der Waals surface area contributed by atoms with Crippen molar-refractivity contribution >= 4 is 11.8 Å². The molecule has 2 N–H and O–H groups in total. The van der Waals surface area contributed by atoms with Gasteiger partial charge in [-0.3, -0.25) is 4.79 Å². The summed E-state index contributed by atoms with van der Waals surface area (Å²) >= 11 is 0. The van der Waals surface area contributed by atoms with E-state index in [0.29, 0.717) is 24.0 Å². The van der Waals surface area contributed by atoms with Crippen LogP contribution in [0.1, 0.15) is 47.0 Å². The van der Waals surface area contributed by atoms with Gasteiger partial charge in [-0.25, -0.2) is 4.79 Å². The Morgan fingerprint density at radius 1 is 1.48 bits per heavy atom. The first-order valence-electron chi connectivity index (χ1n) is 7.19. The van der Waals surface area contributed by atoms with Gasteiger partial charge in [-0.1, -0.05) is 26.3 Å². The van der Waals surface area contributed by atoms with Crippen molar-refractivity contribution in [3.05, 3.63) is 35.5 Å². The Balaban J connectivity index is 3.24. The molecule has 1 rings (SSSR count). The predicted octanol–water partition coefficient (Wildman–Crippen LogP) is 3.03. The second-order valence-corrected chi connectivity index (χ2v) is 6.11. The second-order valence-electron chi connectivity index (χ2n) is 6.11. The van der Waals surface area contributed by atoms with E-state index in [4.69, 9.17) is 5.11 Å². The lowest BCUT2D eigenvalue weighted by atomic mass is 9.61. The standard InChI is InChI=1S/C17H24O4/c1-5-7-16(4)11-14(18)10-13(3)17(16,21)8-6-12(2)9-15(19)20/h6,8-10,21H,5,7,11H2,1-4H3,(H,19,20)/b8-6+,12-9-/t16-,17-/m1/s1. The third-order valence-electron chi connectivity index (χ3n) is 4.20. The Morgan fingerprint density at radius 3 is 2.62 bits per heavy atom. The monoisotopic (exact) mass is 292 g/mol. The smallest absolute Gasteiger partial charge is 0.328 e. The van der Waals surface area contributed by atoms with Gasteiger partial charge in [0.15, 0.2) is 5.78 Å². The van der Waals surface area contributed by atoms with E-state index in [0.717, 1.165) is 12.5 Å². The van der Waals surface area contributed by atoms with Crippen LogP contribution in [0.5, 0.6) is 0 Å². The third-order valence-corrected chi connectivity index (χ3v) is 4.20. The molecule has 0 amide bonds.